The zero-order valence-corrected chi connectivity index (χ0v) is 12.7. The molecule has 0 aromatic heterocycles. The van der Waals surface area contributed by atoms with Crippen molar-refractivity contribution in [1.29, 1.82) is 0 Å². The van der Waals surface area contributed by atoms with E-state index < -0.39 is 10.2 Å². The van der Waals surface area contributed by atoms with Gasteiger partial charge < -0.3 is 5.73 Å². The molecule has 0 amide bonds. The van der Waals surface area contributed by atoms with E-state index in [-0.39, 0.29) is 6.04 Å². The average molecular weight is 289 g/mol. The van der Waals surface area contributed by atoms with Crippen molar-refractivity contribution in [3.05, 3.63) is 0 Å². The first-order valence-electron chi connectivity index (χ1n) is 7.52. The molecule has 0 bridgehead atoms. The van der Waals surface area contributed by atoms with E-state index in [0.717, 1.165) is 38.5 Å². The van der Waals surface area contributed by atoms with E-state index in [1.165, 1.54) is 0 Å². The van der Waals surface area contributed by atoms with Crippen LogP contribution in [0, 0.1) is 5.92 Å². The molecule has 1 aliphatic heterocycles. The first kappa shape index (κ1) is 15.2. The minimum absolute atomic E-state index is 0.216. The van der Waals surface area contributed by atoms with Crippen LogP contribution in [0.15, 0.2) is 0 Å². The molecule has 6 heteroatoms. The molecule has 1 unspecified atom stereocenters. The van der Waals surface area contributed by atoms with E-state index in [1.54, 1.807) is 8.61 Å². The van der Waals surface area contributed by atoms with Crippen LogP contribution in [0.5, 0.6) is 0 Å². The van der Waals surface area contributed by atoms with E-state index in [4.69, 9.17) is 5.73 Å². The summed E-state index contributed by atoms with van der Waals surface area (Å²) in [6.45, 7) is 4.62. The van der Waals surface area contributed by atoms with Crippen LogP contribution in [-0.2, 0) is 10.2 Å². The third-order valence-corrected chi connectivity index (χ3v) is 6.36. The minimum atomic E-state index is -3.28. The molecular formula is C13H27N3O2S. The Morgan fingerprint density at radius 3 is 2.53 bits per heavy atom. The Morgan fingerprint density at radius 2 is 2.00 bits per heavy atom. The highest BCUT2D eigenvalue weighted by Gasteiger charge is 2.38. The number of rotatable bonds is 6. The highest BCUT2D eigenvalue weighted by Crippen LogP contribution is 2.30. The van der Waals surface area contributed by atoms with E-state index in [2.05, 4.69) is 6.92 Å². The van der Waals surface area contributed by atoms with Crippen LogP contribution in [0.3, 0.4) is 0 Å². The third-order valence-electron chi connectivity index (χ3n) is 4.31. The summed E-state index contributed by atoms with van der Waals surface area (Å²) in [4.78, 5) is 0. The fraction of sp³-hybridized carbons (Fsp3) is 1.00. The monoisotopic (exact) mass is 289 g/mol. The lowest BCUT2D eigenvalue weighted by molar-refractivity contribution is 0.190. The molecule has 2 N–H and O–H groups in total. The first-order valence-corrected chi connectivity index (χ1v) is 8.92. The lowest BCUT2D eigenvalue weighted by Crippen LogP contribution is -2.53. The predicted molar refractivity (Wildman–Crippen MR) is 76.9 cm³/mol. The Morgan fingerprint density at radius 1 is 1.26 bits per heavy atom. The van der Waals surface area contributed by atoms with Crippen LogP contribution in [0.4, 0.5) is 0 Å². The number of hydrogen-bond donors (Lipinski definition) is 1. The van der Waals surface area contributed by atoms with Crippen molar-refractivity contribution >= 4 is 10.2 Å². The number of piperidine rings is 1. The van der Waals surface area contributed by atoms with Crippen molar-refractivity contribution in [2.45, 2.75) is 51.5 Å². The smallest absolute Gasteiger partial charge is 0.282 e. The fourth-order valence-electron chi connectivity index (χ4n) is 2.91. The molecule has 112 valence electrons. The Hall–Kier alpha value is -0.170. The minimum Gasteiger partial charge on any atom is -0.330 e. The van der Waals surface area contributed by atoms with Crippen molar-refractivity contribution in [2.75, 3.05) is 26.2 Å². The molecule has 0 aromatic rings. The maximum Gasteiger partial charge on any atom is 0.282 e. The molecule has 0 aromatic carbocycles. The van der Waals surface area contributed by atoms with Crippen molar-refractivity contribution in [3.8, 4) is 0 Å². The van der Waals surface area contributed by atoms with E-state index in [9.17, 15) is 8.42 Å². The summed E-state index contributed by atoms with van der Waals surface area (Å²) in [7, 11) is -3.28. The van der Waals surface area contributed by atoms with Gasteiger partial charge in [-0.3, -0.25) is 0 Å². The maximum atomic E-state index is 12.8. The van der Waals surface area contributed by atoms with Crippen LogP contribution >= 0.6 is 0 Å². The molecule has 2 fully saturated rings. The van der Waals surface area contributed by atoms with Crippen LogP contribution in [0.1, 0.15) is 45.4 Å². The molecular weight excluding hydrogens is 262 g/mol. The molecule has 2 rings (SSSR count). The van der Waals surface area contributed by atoms with Gasteiger partial charge in [0.25, 0.3) is 10.2 Å². The van der Waals surface area contributed by atoms with Gasteiger partial charge in [0, 0.05) is 25.7 Å². The summed E-state index contributed by atoms with van der Waals surface area (Å²) in [5.74, 6) is 0.473. The van der Waals surface area contributed by atoms with Gasteiger partial charge in [-0.25, -0.2) is 0 Å². The highest BCUT2D eigenvalue weighted by molar-refractivity contribution is 7.86. The van der Waals surface area contributed by atoms with Crippen LogP contribution in [0.25, 0.3) is 0 Å². The second-order valence-electron chi connectivity index (χ2n) is 5.95. The predicted octanol–water partition coefficient (Wildman–Crippen LogP) is 1.17. The molecule has 1 heterocycles. The van der Waals surface area contributed by atoms with Crippen LogP contribution in [-0.4, -0.2) is 49.2 Å². The lowest BCUT2D eigenvalue weighted by atomic mass is 9.93. The van der Waals surface area contributed by atoms with Crippen molar-refractivity contribution in [1.82, 2.24) is 8.61 Å². The highest BCUT2D eigenvalue weighted by atomic mass is 32.2. The molecule has 2 aliphatic rings. The zero-order chi connectivity index (χ0) is 13.9. The topological polar surface area (TPSA) is 66.6 Å². The average Bonchev–Trinajstić information content (AvgIpc) is 2.31. The van der Waals surface area contributed by atoms with Crippen LogP contribution in [0.2, 0.25) is 0 Å². The van der Waals surface area contributed by atoms with Gasteiger partial charge in [-0.05, 0) is 44.6 Å². The maximum absolute atomic E-state index is 12.8. The van der Waals surface area contributed by atoms with E-state index in [0.29, 0.717) is 32.1 Å². The summed E-state index contributed by atoms with van der Waals surface area (Å²) in [6, 6.07) is 0.216. The van der Waals surface area contributed by atoms with Gasteiger partial charge in [0.1, 0.15) is 0 Å². The van der Waals surface area contributed by atoms with Gasteiger partial charge >= 0.3 is 0 Å². The normalized spacial score (nSPS) is 26.6. The largest absolute Gasteiger partial charge is 0.330 e. The van der Waals surface area contributed by atoms with Gasteiger partial charge in [-0.1, -0.05) is 13.3 Å². The summed E-state index contributed by atoms with van der Waals surface area (Å²) in [5.41, 5.74) is 5.55. The second kappa shape index (κ2) is 6.52. The molecule has 1 aliphatic carbocycles. The first-order chi connectivity index (χ1) is 9.05. The molecule has 1 saturated heterocycles. The van der Waals surface area contributed by atoms with Crippen LogP contribution < -0.4 is 5.73 Å². The third kappa shape index (κ3) is 3.48. The lowest BCUT2D eigenvalue weighted by Gasteiger charge is -2.41. The van der Waals surface area contributed by atoms with E-state index in [1.807, 2.05) is 0 Å². The Balaban J connectivity index is 2.08. The SMILES string of the molecule is CC1CCCN(S(=O)(=O)N(CCCN)C2CCC2)C1. The molecule has 0 radical (unpaired) electrons. The molecule has 0 spiro atoms. The Labute approximate surface area is 117 Å². The second-order valence-corrected chi connectivity index (χ2v) is 7.83. The molecule has 1 atom stereocenters. The van der Waals surface area contributed by atoms with Gasteiger partial charge in [-0.15, -0.1) is 0 Å². The molecule has 1 saturated carbocycles. The fourth-order valence-corrected chi connectivity index (χ4v) is 4.96. The number of hydrogen-bond acceptors (Lipinski definition) is 3. The standard InChI is InChI=1S/C13H27N3O2S/c1-12-5-3-9-15(11-12)19(17,18)16(10-4-8-14)13-6-2-7-13/h12-13H,2-11,14H2,1H3. The Bertz CT molecular complexity index is 381. The molecule has 5 nitrogen and oxygen atoms in total. The number of nitrogens with two attached hydrogens (primary N) is 1. The zero-order valence-electron chi connectivity index (χ0n) is 11.9. The van der Waals surface area contributed by atoms with Gasteiger partial charge in [-0.2, -0.15) is 17.0 Å². The Kier molecular flexibility index (Phi) is 5.22. The van der Waals surface area contributed by atoms with Crippen molar-refractivity contribution < 1.29 is 8.42 Å². The molecule has 19 heavy (non-hydrogen) atoms. The summed E-state index contributed by atoms with van der Waals surface area (Å²) >= 11 is 0. The quantitative estimate of drug-likeness (QED) is 0.798. The van der Waals surface area contributed by atoms with Crippen molar-refractivity contribution in [3.63, 3.8) is 0 Å². The summed E-state index contributed by atoms with van der Waals surface area (Å²) in [5, 5.41) is 0. The van der Waals surface area contributed by atoms with Gasteiger partial charge in [0.05, 0.1) is 0 Å². The van der Waals surface area contributed by atoms with Gasteiger partial charge in [0.15, 0.2) is 0 Å². The summed E-state index contributed by atoms with van der Waals surface area (Å²) < 4.78 is 29.0. The van der Waals surface area contributed by atoms with Gasteiger partial charge in [0.2, 0.25) is 0 Å². The number of nitrogens with zero attached hydrogens (tertiary/aromatic N) is 2. The van der Waals surface area contributed by atoms with E-state index >= 15 is 0 Å². The summed E-state index contributed by atoms with van der Waals surface area (Å²) in [6.07, 6.45) is 6.03. The van der Waals surface area contributed by atoms with Crippen molar-refractivity contribution in [2.24, 2.45) is 11.7 Å².